The fourth-order valence-corrected chi connectivity index (χ4v) is 1.51. The van der Waals surface area contributed by atoms with E-state index >= 15 is 0 Å². The topological polar surface area (TPSA) is 6.48 Å². The van der Waals surface area contributed by atoms with Crippen LogP contribution in [0, 0.1) is 0 Å². The van der Waals surface area contributed by atoms with Crippen LogP contribution in [0.25, 0.3) is 0 Å². The van der Waals surface area contributed by atoms with Crippen LogP contribution in [0.5, 0.6) is 0 Å². The van der Waals surface area contributed by atoms with E-state index in [1.807, 2.05) is 0 Å². The number of likely N-dealkylation sites (N-methyl/N-ethyl adjacent to an activating group) is 1. The SMILES string of the molecule is CC1=CCCCN1CCN(C)C. The van der Waals surface area contributed by atoms with Gasteiger partial charge in [-0.3, -0.25) is 0 Å². The van der Waals surface area contributed by atoms with Crippen LogP contribution in [0.1, 0.15) is 19.8 Å². The van der Waals surface area contributed by atoms with Crippen molar-refractivity contribution in [2.75, 3.05) is 33.7 Å². The highest BCUT2D eigenvalue weighted by atomic mass is 15.2. The molecule has 0 atom stereocenters. The molecule has 1 aliphatic rings. The van der Waals surface area contributed by atoms with Gasteiger partial charge in [-0.2, -0.15) is 0 Å². The van der Waals surface area contributed by atoms with E-state index < -0.39 is 0 Å². The van der Waals surface area contributed by atoms with E-state index in [2.05, 4.69) is 36.9 Å². The Morgan fingerprint density at radius 3 is 2.83 bits per heavy atom. The van der Waals surface area contributed by atoms with Crippen LogP contribution in [0.3, 0.4) is 0 Å². The van der Waals surface area contributed by atoms with Gasteiger partial charge < -0.3 is 9.80 Å². The van der Waals surface area contributed by atoms with Crippen LogP contribution in [0.2, 0.25) is 0 Å². The maximum atomic E-state index is 2.48. The largest absolute Gasteiger partial charge is 0.374 e. The molecule has 1 aliphatic heterocycles. The molecular weight excluding hydrogens is 148 g/mol. The molecule has 1 rings (SSSR count). The van der Waals surface area contributed by atoms with Gasteiger partial charge >= 0.3 is 0 Å². The Balaban J connectivity index is 2.31. The van der Waals surface area contributed by atoms with E-state index in [0.29, 0.717) is 0 Å². The zero-order chi connectivity index (χ0) is 8.97. The summed E-state index contributed by atoms with van der Waals surface area (Å²) >= 11 is 0. The standard InChI is InChI=1S/C10H20N2/c1-10-6-4-5-7-12(10)9-8-11(2)3/h6H,4-5,7-9H2,1-3H3. The number of hydrogen-bond donors (Lipinski definition) is 0. The molecule has 0 fully saturated rings. The summed E-state index contributed by atoms with van der Waals surface area (Å²) in [6, 6.07) is 0. The molecule has 0 aromatic rings. The maximum absolute atomic E-state index is 2.48. The van der Waals surface area contributed by atoms with Gasteiger partial charge in [-0.1, -0.05) is 6.08 Å². The fraction of sp³-hybridized carbons (Fsp3) is 0.800. The first kappa shape index (κ1) is 9.59. The normalized spacial score (nSPS) is 18.3. The molecule has 0 aliphatic carbocycles. The molecule has 0 N–H and O–H groups in total. The molecule has 0 aromatic carbocycles. The molecular formula is C10H20N2. The van der Waals surface area contributed by atoms with Gasteiger partial charge in [0, 0.05) is 25.3 Å². The van der Waals surface area contributed by atoms with Crippen molar-refractivity contribution in [2.45, 2.75) is 19.8 Å². The van der Waals surface area contributed by atoms with Gasteiger partial charge in [0.25, 0.3) is 0 Å². The molecule has 0 spiro atoms. The predicted molar refractivity (Wildman–Crippen MR) is 53.1 cm³/mol. The third-order valence-electron chi connectivity index (χ3n) is 2.39. The Labute approximate surface area is 75.8 Å². The first-order valence-electron chi connectivity index (χ1n) is 4.76. The Morgan fingerprint density at radius 1 is 1.50 bits per heavy atom. The number of nitrogens with zero attached hydrogens (tertiary/aromatic N) is 2. The van der Waals surface area contributed by atoms with Crippen molar-refractivity contribution in [3.8, 4) is 0 Å². The number of rotatable bonds is 3. The van der Waals surface area contributed by atoms with Gasteiger partial charge in [0.1, 0.15) is 0 Å². The van der Waals surface area contributed by atoms with E-state index in [0.717, 1.165) is 6.54 Å². The summed E-state index contributed by atoms with van der Waals surface area (Å²) in [5, 5.41) is 0. The lowest BCUT2D eigenvalue weighted by Crippen LogP contribution is -2.32. The number of allylic oxidation sites excluding steroid dienone is 2. The molecule has 0 saturated carbocycles. The average molecular weight is 168 g/mol. The Kier molecular flexibility index (Phi) is 3.60. The first-order chi connectivity index (χ1) is 5.70. The van der Waals surface area contributed by atoms with Crippen LogP contribution in [-0.2, 0) is 0 Å². The monoisotopic (exact) mass is 168 g/mol. The zero-order valence-corrected chi connectivity index (χ0v) is 8.51. The molecule has 2 heteroatoms. The molecule has 1 heterocycles. The smallest absolute Gasteiger partial charge is 0.0302 e. The van der Waals surface area contributed by atoms with Crippen molar-refractivity contribution in [3.05, 3.63) is 11.8 Å². The van der Waals surface area contributed by atoms with Crippen LogP contribution in [0.4, 0.5) is 0 Å². The lowest BCUT2D eigenvalue weighted by atomic mass is 10.1. The van der Waals surface area contributed by atoms with E-state index in [1.54, 1.807) is 0 Å². The fourth-order valence-electron chi connectivity index (χ4n) is 1.51. The summed E-state index contributed by atoms with van der Waals surface area (Å²) in [4.78, 5) is 4.71. The second-order valence-corrected chi connectivity index (χ2v) is 3.78. The van der Waals surface area contributed by atoms with Crippen molar-refractivity contribution in [2.24, 2.45) is 0 Å². The van der Waals surface area contributed by atoms with Gasteiger partial charge in [-0.05, 0) is 33.9 Å². The van der Waals surface area contributed by atoms with Gasteiger partial charge in [0.15, 0.2) is 0 Å². The minimum absolute atomic E-state index is 1.16. The second kappa shape index (κ2) is 4.51. The molecule has 0 bridgehead atoms. The van der Waals surface area contributed by atoms with Crippen LogP contribution in [0.15, 0.2) is 11.8 Å². The summed E-state index contributed by atoms with van der Waals surface area (Å²) in [5.41, 5.74) is 1.46. The zero-order valence-electron chi connectivity index (χ0n) is 8.51. The van der Waals surface area contributed by atoms with Gasteiger partial charge in [-0.15, -0.1) is 0 Å². The molecule has 0 unspecified atom stereocenters. The minimum atomic E-state index is 1.16. The van der Waals surface area contributed by atoms with Gasteiger partial charge in [0.05, 0.1) is 0 Å². The molecule has 0 amide bonds. The molecule has 2 nitrogen and oxygen atoms in total. The Hall–Kier alpha value is -0.500. The van der Waals surface area contributed by atoms with Crippen molar-refractivity contribution >= 4 is 0 Å². The number of hydrogen-bond acceptors (Lipinski definition) is 2. The van der Waals surface area contributed by atoms with Gasteiger partial charge in [-0.25, -0.2) is 0 Å². The van der Waals surface area contributed by atoms with E-state index in [-0.39, 0.29) is 0 Å². The van der Waals surface area contributed by atoms with Crippen LogP contribution in [-0.4, -0.2) is 43.5 Å². The average Bonchev–Trinajstić information content (AvgIpc) is 2.03. The van der Waals surface area contributed by atoms with Crippen molar-refractivity contribution < 1.29 is 0 Å². The molecule has 0 aromatic heterocycles. The van der Waals surface area contributed by atoms with Gasteiger partial charge in [0.2, 0.25) is 0 Å². The Morgan fingerprint density at radius 2 is 2.25 bits per heavy atom. The summed E-state index contributed by atoms with van der Waals surface area (Å²) < 4.78 is 0. The highest BCUT2D eigenvalue weighted by Crippen LogP contribution is 2.12. The maximum Gasteiger partial charge on any atom is 0.0302 e. The highest BCUT2D eigenvalue weighted by molar-refractivity contribution is 5.00. The van der Waals surface area contributed by atoms with Crippen LogP contribution < -0.4 is 0 Å². The third-order valence-corrected chi connectivity index (χ3v) is 2.39. The quantitative estimate of drug-likeness (QED) is 0.631. The highest BCUT2D eigenvalue weighted by Gasteiger charge is 2.08. The summed E-state index contributed by atoms with van der Waals surface area (Å²) in [7, 11) is 4.26. The first-order valence-corrected chi connectivity index (χ1v) is 4.76. The second-order valence-electron chi connectivity index (χ2n) is 3.78. The van der Waals surface area contributed by atoms with Crippen molar-refractivity contribution in [3.63, 3.8) is 0 Å². The van der Waals surface area contributed by atoms with E-state index in [1.165, 1.54) is 31.6 Å². The minimum Gasteiger partial charge on any atom is -0.374 e. The van der Waals surface area contributed by atoms with Crippen LogP contribution >= 0.6 is 0 Å². The molecule has 0 saturated heterocycles. The molecule has 12 heavy (non-hydrogen) atoms. The Bertz CT molecular complexity index is 161. The summed E-state index contributed by atoms with van der Waals surface area (Å²) in [5.74, 6) is 0. The van der Waals surface area contributed by atoms with Crippen molar-refractivity contribution in [1.82, 2.24) is 9.80 Å². The molecule has 0 radical (unpaired) electrons. The predicted octanol–water partition coefficient (Wildman–Crippen LogP) is 1.55. The van der Waals surface area contributed by atoms with E-state index in [4.69, 9.17) is 0 Å². The molecule has 70 valence electrons. The lowest BCUT2D eigenvalue weighted by Gasteiger charge is -2.29. The van der Waals surface area contributed by atoms with Crippen molar-refractivity contribution in [1.29, 1.82) is 0 Å². The van der Waals surface area contributed by atoms with E-state index in [9.17, 15) is 0 Å². The summed E-state index contributed by atoms with van der Waals surface area (Å²) in [6.07, 6.45) is 4.94. The lowest BCUT2D eigenvalue weighted by molar-refractivity contribution is 0.277. The third kappa shape index (κ3) is 2.86. The summed E-state index contributed by atoms with van der Waals surface area (Å²) in [6.45, 7) is 5.80.